The average molecular weight is 240 g/mol. The second-order valence-corrected chi connectivity index (χ2v) is 5.66. The van der Waals surface area contributed by atoms with E-state index in [9.17, 15) is 5.11 Å². The van der Waals surface area contributed by atoms with Crippen molar-refractivity contribution < 1.29 is 5.11 Å². The minimum Gasteiger partial charge on any atom is -0.395 e. The topological polar surface area (TPSA) is 35.5 Å². The lowest BCUT2D eigenvalue weighted by molar-refractivity contribution is 0.103. The molecule has 3 heteroatoms. The Bertz CT molecular complexity index is 222. The van der Waals surface area contributed by atoms with Crippen LogP contribution in [-0.2, 0) is 0 Å². The van der Waals surface area contributed by atoms with Crippen LogP contribution >= 0.6 is 0 Å². The molecule has 2 N–H and O–H groups in total. The van der Waals surface area contributed by atoms with Gasteiger partial charge < -0.3 is 15.3 Å². The van der Waals surface area contributed by atoms with Gasteiger partial charge in [-0.3, -0.25) is 0 Å². The summed E-state index contributed by atoms with van der Waals surface area (Å²) in [6.45, 7) is 5.79. The number of aliphatic hydroxyl groups excluding tert-OH is 1. The monoisotopic (exact) mass is 240 g/mol. The van der Waals surface area contributed by atoms with Crippen molar-refractivity contribution in [2.45, 2.75) is 57.5 Å². The Kier molecular flexibility index (Phi) is 5.26. The van der Waals surface area contributed by atoms with E-state index in [2.05, 4.69) is 17.1 Å². The van der Waals surface area contributed by atoms with E-state index >= 15 is 0 Å². The van der Waals surface area contributed by atoms with Gasteiger partial charge in [-0.1, -0.05) is 13.3 Å². The minimum atomic E-state index is 0.274. The van der Waals surface area contributed by atoms with E-state index < -0.39 is 0 Å². The highest BCUT2D eigenvalue weighted by Crippen LogP contribution is 2.36. The molecular formula is C14H28N2O. The highest BCUT2D eigenvalue weighted by atomic mass is 16.3. The second kappa shape index (κ2) is 6.72. The highest BCUT2D eigenvalue weighted by molar-refractivity contribution is 4.89. The van der Waals surface area contributed by atoms with Crippen molar-refractivity contribution in [2.75, 3.05) is 26.2 Å². The maximum Gasteiger partial charge on any atom is 0.0585 e. The van der Waals surface area contributed by atoms with Gasteiger partial charge in [0, 0.05) is 18.6 Å². The first-order chi connectivity index (χ1) is 8.35. The third-order valence-corrected chi connectivity index (χ3v) is 4.59. The van der Waals surface area contributed by atoms with E-state index in [1.165, 1.54) is 45.2 Å². The van der Waals surface area contributed by atoms with Crippen LogP contribution in [0.3, 0.4) is 0 Å². The summed E-state index contributed by atoms with van der Waals surface area (Å²) in [6.07, 6.45) is 8.23. The van der Waals surface area contributed by atoms with Crippen LogP contribution in [0.15, 0.2) is 0 Å². The second-order valence-electron chi connectivity index (χ2n) is 5.66. The number of rotatable bonds is 6. The summed E-state index contributed by atoms with van der Waals surface area (Å²) in [4.78, 5) is 2.70. The molecule has 0 bridgehead atoms. The van der Waals surface area contributed by atoms with Crippen LogP contribution in [0.1, 0.15) is 45.4 Å². The molecule has 1 saturated heterocycles. The fraction of sp³-hybridized carbons (Fsp3) is 1.00. The first-order valence-electron chi connectivity index (χ1n) is 7.43. The molecule has 0 amide bonds. The Hall–Kier alpha value is -0.120. The quantitative estimate of drug-likeness (QED) is 0.740. The van der Waals surface area contributed by atoms with Gasteiger partial charge >= 0.3 is 0 Å². The number of fused-ring (bicyclic) bond motifs is 1. The van der Waals surface area contributed by atoms with E-state index in [-0.39, 0.29) is 6.61 Å². The number of nitrogens with zero attached hydrogens (tertiary/aromatic N) is 1. The summed E-state index contributed by atoms with van der Waals surface area (Å²) in [5, 5.41) is 12.6. The highest BCUT2D eigenvalue weighted by Gasteiger charge is 2.34. The van der Waals surface area contributed by atoms with Crippen LogP contribution in [0.4, 0.5) is 0 Å². The van der Waals surface area contributed by atoms with Gasteiger partial charge in [-0.05, 0) is 51.1 Å². The molecule has 2 rings (SSSR count). The molecule has 3 atom stereocenters. The van der Waals surface area contributed by atoms with Crippen molar-refractivity contribution in [3.8, 4) is 0 Å². The number of likely N-dealkylation sites (N-methyl/N-ethyl adjacent to an activating group) is 1. The maximum atomic E-state index is 9.29. The Balaban J connectivity index is 1.77. The fourth-order valence-corrected chi connectivity index (χ4v) is 3.70. The van der Waals surface area contributed by atoms with Crippen molar-refractivity contribution in [2.24, 2.45) is 5.92 Å². The zero-order valence-corrected chi connectivity index (χ0v) is 11.2. The SMILES string of the molecule is CCNC(CO)CCN1CCCC2CCCC21. The zero-order chi connectivity index (χ0) is 12.1. The molecule has 2 aliphatic rings. The first-order valence-corrected chi connectivity index (χ1v) is 7.43. The molecule has 1 aliphatic heterocycles. The van der Waals surface area contributed by atoms with Gasteiger partial charge in [0.15, 0.2) is 0 Å². The summed E-state index contributed by atoms with van der Waals surface area (Å²) >= 11 is 0. The van der Waals surface area contributed by atoms with Crippen molar-refractivity contribution >= 4 is 0 Å². The molecular weight excluding hydrogens is 212 g/mol. The number of hydrogen-bond donors (Lipinski definition) is 2. The van der Waals surface area contributed by atoms with E-state index in [0.29, 0.717) is 6.04 Å². The molecule has 3 unspecified atom stereocenters. The van der Waals surface area contributed by atoms with Crippen LogP contribution in [0, 0.1) is 5.92 Å². The number of likely N-dealkylation sites (tertiary alicyclic amines) is 1. The van der Waals surface area contributed by atoms with Crippen LogP contribution in [-0.4, -0.2) is 48.3 Å². The molecule has 0 aromatic carbocycles. The molecule has 1 aliphatic carbocycles. The zero-order valence-electron chi connectivity index (χ0n) is 11.2. The van der Waals surface area contributed by atoms with E-state index in [4.69, 9.17) is 0 Å². The van der Waals surface area contributed by atoms with E-state index in [1.54, 1.807) is 0 Å². The summed E-state index contributed by atoms with van der Waals surface area (Å²) in [6, 6.07) is 1.16. The molecule has 0 aromatic heterocycles. The lowest BCUT2D eigenvalue weighted by atomic mass is 9.91. The number of nitrogens with one attached hydrogen (secondary N) is 1. The van der Waals surface area contributed by atoms with E-state index in [0.717, 1.165) is 24.9 Å². The van der Waals surface area contributed by atoms with Gasteiger partial charge in [0.1, 0.15) is 0 Å². The Morgan fingerprint density at radius 1 is 1.29 bits per heavy atom. The largest absolute Gasteiger partial charge is 0.395 e. The third kappa shape index (κ3) is 3.43. The third-order valence-electron chi connectivity index (χ3n) is 4.59. The van der Waals surface area contributed by atoms with Gasteiger partial charge in [-0.2, -0.15) is 0 Å². The van der Waals surface area contributed by atoms with Gasteiger partial charge in [0.25, 0.3) is 0 Å². The van der Waals surface area contributed by atoms with Crippen molar-refractivity contribution in [1.82, 2.24) is 10.2 Å². The normalized spacial score (nSPS) is 31.4. The lowest BCUT2D eigenvalue weighted by Crippen LogP contribution is -2.45. The van der Waals surface area contributed by atoms with Crippen molar-refractivity contribution in [3.63, 3.8) is 0 Å². The Morgan fingerprint density at radius 2 is 2.12 bits per heavy atom. The Labute approximate surface area is 106 Å². The van der Waals surface area contributed by atoms with Gasteiger partial charge in [-0.25, -0.2) is 0 Å². The van der Waals surface area contributed by atoms with Crippen LogP contribution in [0.5, 0.6) is 0 Å². The molecule has 0 radical (unpaired) electrons. The summed E-state index contributed by atoms with van der Waals surface area (Å²) in [7, 11) is 0. The van der Waals surface area contributed by atoms with Gasteiger partial charge in [-0.15, -0.1) is 0 Å². The molecule has 1 saturated carbocycles. The molecule has 3 nitrogen and oxygen atoms in total. The minimum absolute atomic E-state index is 0.274. The molecule has 0 spiro atoms. The van der Waals surface area contributed by atoms with Crippen LogP contribution in [0.2, 0.25) is 0 Å². The molecule has 2 fully saturated rings. The summed E-state index contributed by atoms with van der Waals surface area (Å²) in [5.74, 6) is 0.982. The molecule has 100 valence electrons. The predicted molar refractivity (Wildman–Crippen MR) is 71.1 cm³/mol. The Morgan fingerprint density at radius 3 is 2.88 bits per heavy atom. The predicted octanol–water partition coefficient (Wildman–Crippen LogP) is 1.61. The first kappa shape index (κ1) is 13.3. The van der Waals surface area contributed by atoms with E-state index in [1.807, 2.05) is 0 Å². The number of aliphatic hydroxyl groups is 1. The summed E-state index contributed by atoms with van der Waals surface area (Å²) in [5.41, 5.74) is 0. The lowest BCUT2D eigenvalue weighted by Gasteiger charge is -2.38. The summed E-state index contributed by atoms with van der Waals surface area (Å²) < 4.78 is 0. The smallest absolute Gasteiger partial charge is 0.0585 e. The van der Waals surface area contributed by atoms with Crippen molar-refractivity contribution in [3.05, 3.63) is 0 Å². The van der Waals surface area contributed by atoms with Gasteiger partial charge in [0.2, 0.25) is 0 Å². The molecule has 17 heavy (non-hydrogen) atoms. The van der Waals surface area contributed by atoms with Crippen LogP contribution < -0.4 is 5.32 Å². The number of piperidine rings is 1. The van der Waals surface area contributed by atoms with Crippen LogP contribution in [0.25, 0.3) is 0 Å². The van der Waals surface area contributed by atoms with Crippen molar-refractivity contribution in [1.29, 1.82) is 0 Å². The standard InChI is InChI=1S/C14H28N2O/c1-2-15-13(11-17)8-10-16-9-4-6-12-5-3-7-14(12)16/h12-15,17H,2-11H2,1H3. The number of hydrogen-bond acceptors (Lipinski definition) is 3. The maximum absolute atomic E-state index is 9.29. The van der Waals surface area contributed by atoms with Gasteiger partial charge in [0.05, 0.1) is 6.61 Å². The average Bonchev–Trinajstić information content (AvgIpc) is 2.83. The molecule has 0 aromatic rings. The molecule has 1 heterocycles. The fourth-order valence-electron chi connectivity index (χ4n) is 3.70.